The molecule has 1 aromatic carbocycles. The number of aromatic nitrogens is 2. The second-order valence-electron chi connectivity index (χ2n) is 6.14. The van der Waals surface area contributed by atoms with E-state index in [4.69, 9.17) is 4.74 Å². The number of benzene rings is 1. The van der Waals surface area contributed by atoms with Crippen LogP contribution in [-0.4, -0.2) is 61.2 Å². The van der Waals surface area contributed by atoms with Crippen molar-refractivity contribution < 1.29 is 4.74 Å². The Morgan fingerprint density at radius 2 is 1.96 bits per heavy atom. The first-order valence-electron chi connectivity index (χ1n) is 8.83. The van der Waals surface area contributed by atoms with Gasteiger partial charge in [0.05, 0.1) is 25.0 Å². The SMILES string of the molecule is CN=C(NCc1ccnc(C)n1)N1CCN(c2ccccc2OC)CC1. The molecule has 0 amide bonds. The number of methoxy groups -OCH3 is 1. The number of aryl methyl sites for hydroxylation is 1. The van der Waals surface area contributed by atoms with Gasteiger partial charge < -0.3 is 19.9 Å². The molecule has 0 bridgehead atoms. The van der Waals surface area contributed by atoms with E-state index in [1.807, 2.05) is 32.2 Å². The van der Waals surface area contributed by atoms with Crippen molar-refractivity contribution in [3.8, 4) is 5.75 Å². The molecule has 7 heteroatoms. The van der Waals surface area contributed by atoms with Gasteiger partial charge in [-0.2, -0.15) is 0 Å². The summed E-state index contributed by atoms with van der Waals surface area (Å²) in [7, 11) is 3.54. The summed E-state index contributed by atoms with van der Waals surface area (Å²) in [5, 5.41) is 3.40. The lowest BCUT2D eigenvalue weighted by Crippen LogP contribution is -2.52. The molecule has 3 rings (SSSR count). The largest absolute Gasteiger partial charge is 0.495 e. The third-order valence-corrected chi connectivity index (χ3v) is 4.48. The minimum atomic E-state index is 0.642. The number of para-hydroxylation sites is 2. The Labute approximate surface area is 154 Å². The first-order chi connectivity index (χ1) is 12.7. The quantitative estimate of drug-likeness (QED) is 0.666. The van der Waals surface area contributed by atoms with E-state index < -0.39 is 0 Å². The second-order valence-corrected chi connectivity index (χ2v) is 6.14. The predicted octanol–water partition coefficient (Wildman–Crippen LogP) is 1.69. The van der Waals surface area contributed by atoms with Gasteiger partial charge in [-0.3, -0.25) is 4.99 Å². The fraction of sp³-hybridized carbons (Fsp3) is 0.421. The van der Waals surface area contributed by atoms with E-state index in [-0.39, 0.29) is 0 Å². The number of guanidine groups is 1. The molecular formula is C19H26N6O. The minimum Gasteiger partial charge on any atom is -0.495 e. The standard InChI is InChI=1S/C19H26N6O/c1-15-21-9-8-16(23-15)14-22-19(20-2)25-12-10-24(11-13-25)17-6-4-5-7-18(17)26-3/h4-9H,10-14H2,1-3H3,(H,20,22). The van der Waals surface area contributed by atoms with Crippen LogP contribution in [0.15, 0.2) is 41.5 Å². The molecule has 1 aromatic heterocycles. The van der Waals surface area contributed by atoms with E-state index in [2.05, 4.69) is 42.2 Å². The lowest BCUT2D eigenvalue weighted by Gasteiger charge is -2.38. The smallest absolute Gasteiger partial charge is 0.194 e. The van der Waals surface area contributed by atoms with Crippen molar-refractivity contribution in [2.45, 2.75) is 13.5 Å². The highest BCUT2D eigenvalue weighted by atomic mass is 16.5. The lowest BCUT2D eigenvalue weighted by molar-refractivity contribution is 0.367. The van der Waals surface area contributed by atoms with Crippen molar-refractivity contribution in [1.82, 2.24) is 20.2 Å². The van der Waals surface area contributed by atoms with Crippen LogP contribution in [0.4, 0.5) is 5.69 Å². The van der Waals surface area contributed by atoms with Crippen LogP contribution in [-0.2, 0) is 6.54 Å². The van der Waals surface area contributed by atoms with Gasteiger partial charge in [-0.05, 0) is 25.1 Å². The highest BCUT2D eigenvalue weighted by molar-refractivity contribution is 5.80. The van der Waals surface area contributed by atoms with Gasteiger partial charge in [-0.15, -0.1) is 0 Å². The number of anilines is 1. The van der Waals surface area contributed by atoms with E-state index in [1.54, 1.807) is 13.3 Å². The molecule has 1 aliphatic heterocycles. The van der Waals surface area contributed by atoms with Gasteiger partial charge in [-0.25, -0.2) is 9.97 Å². The summed E-state index contributed by atoms with van der Waals surface area (Å²) in [6.45, 7) is 6.20. The number of piperazine rings is 1. The van der Waals surface area contributed by atoms with Gasteiger partial charge in [0.2, 0.25) is 0 Å². The van der Waals surface area contributed by atoms with Gasteiger partial charge in [0.25, 0.3) is 0 Å². The third-order valence-electron chi connectivity index (χ3n) is 4.48. The van der Waals surface area contributed by atoms with E-state index >= 15 is 0 Å². The monoisotopic (exact) mass is 354 g/mol. The molecule has 0 saturated carbocycles. The van der Waals surface area contributed by atoms with E-state index in [0.29, 0.717) is 6.54 Å². The van der Waals surface area contributed by atoms with Crippen LogP contribution in [0, 0.1) is 6.92 Å². The van der Waals surface area contributed by atoms with Gasteiger partial charge in [0.1, 0.15) is 11.6 Å². The van der Waals surface area contributed by atoms with Crippen LogP contribution < -0.4 is 15.0 Å². The number of rotatable bonds is 4. The predicted molar refractivity (Wildman–Crippen MR) is 104 cm³/mol. The molecule has 26 heavy (non-hydrogen) atoms. The highest BCUT2D eigenvalue weighted by Crippen LogP contribution is 2.28. The molecule has 0 atom stereocenters. The lowest BCUT2D eigenvalue weighted by atomic mass is 10.2. The van der Waals surface area contributed by atoms with Crippen LogP contribution in [0.25, 0.3) is 0 Å². The van der Waals surface area contributed by atoms with Crippen molar-refractivity contribution in [3.63, 3.8) is 0 Å². The summed E-state index contributed by atoms with van der Waals surface area (Å²) in [6.07, 6.45) is 1.79. The van der Waals surface area contributed by atoms with E-state index in [1.165, 1.54) is 0 Å². The minimum absolute atomic E-state index is 0.642. The molecule has 7 nitrogen and oxygen atoms in total. The molecule has 2 aromatic rings. The molecule has 0 unspecified atom stereocenters. The van der Waals surface area contributed by atoms with Crippen LogP contribution in [0.3, 0.4) is 0 Å². The molecular weight excluding hydrogens is 328 g/mol. The van der Waals surface area contributed by atoms with Crippen LogP contribution in [0.2, 0.25) is 0 Å². The maximum Gasteiger partial charge on any atom is 0.194 e. The molecule has 0 radical (unpaired) electrons. The van der Waals surface area contributed by atoms with Crippen LogP contribution in [0.5, 0.6) is 5.75 Å². The maximum atomic E-state index is 5.49. The maximum absolute atomic E-state index is 5.49. The Bertz CT molecular complexity index is 755. The Balaban J connectivity index is 1.57. The molecule has 1 N–H and O–H groups in total. The number of hydrogen-bond acceptors (Lipinski definition) is 5. The Hall–Kier alpha value is -2.83. The first kappa shape index (κ1) is 18.0. The number of nitrogens with zero attached hydrogens (tertiary/aromatic N) is 5. The Morgan fingerprint density at radius 1 is 1.19 bits per heavy atom. The summed E-state index contributed by atoms with van der Waals surface area (Å²) in [4.78, 5) is 17.6. The average Bonchev–Trinajstić information content (AvgIpc) is 2.69. The van der Waals surface area contributed by atoms with Gasteiger partial charge in [0.15, 0.2) is 5.96 Å². The third kappa shape index (κ3) is 4.22. The fourth-order valence-electron chi connectivity index (χ4n) is 3.16. The molecule has 0 aliphatic carbocycles. The van der Waals surface area contributed by atoms with Gasteiger partial charge >= 0.3 is 0 Å². The summed E-state index contributed by atoms with van der Waals surface area (Å²) >= 11 is 0. The molecule has 2 heterocycles. The number of hydrogen-bond donors (Lipinski definition) is 1. The number of ether oxygens (including phenoxy) is 1. The Morgan fingerprint density at radius 3 is 2.65 bits per heavy atom. The first-order valence-corrected chi connectivity index (χ1v) is 8.83. The number of aliphatic imine (C=N–C) groups is 1. The van der Waals surface area contributed by atoms with Crippen molar-refractivity contribution in [2.24, 2.45) is 4.99 Å². The fourth-order valence-corrected chi connectivity index (χ4v) is 3.16. The van der Waals surface area contributed by atoms with Crippen molar-refractivity contribution in [1.29, 1.82) is 0 Å². The highest BCUT2D eigenvalue weighted by Gasteiger charge is 2.21. The van der Waals surface area contributed by atoms with Crippen LogP contribution >= 0.6 is 0 Å². The van der Waals surface area contributed by atoms with Gasteiger partial charge in [0, 0.05) is 39.4 Å². The molecule has 0 spiro atoms. The zero-order valence-electron chi connectivity index (χ0n) is 15.6. The van der Waals surface area contributed by atoms with Gasteiger partial charge in [-0.1, -0.05) is 12.1 Å². The molecule has 1 saturated heterocycles. The van der Waals surface area contributed by atoms with Crippen molar-refractivity contribution in [2.75, 3.05) is 45.2 Å². The van der Waals surface area contributed by atoms with Crippen molar-refractivity contribution >= 4 is 11.6 Å². The molecule has 138 valence electrons. The van der Waals surface area contributed by atoms with E-state index in [9.17, 15) is 0 Å². The normalized spacial score (nSPS) is 15.1. The Kier molecular flexibility index (Phi) is 5.88. The van der Waals surface area contributed by atoms with Crippen molar-refractivity contribution in [3.05, 3.63) is 48.0 Å². The zero-order valence-corrected chi connectivity index (χ0v) is 15.6. The average molecular weight is 354 g/mol. The van der Waals surface area contributed by atoms with E-state index in [0.717, 1.165) is 55.1 Å². The molecule has 1 fully saturated rings. The molecule has 1 aliphatic rings. The zero-order chi connectivity index (χ0) is 18.4. The summed E-state index contributed by atoms with van der Waals surface area (Å²) in [5.74, 6) is 2.60. The second kappa shape index (κ2) is 8.51. The summed E-state index contributed by atoms with van der Waals surface area (Å²) < 4.78 is 5.49. The summed E-state index contributed by atoms with van der Waals surface area (Å²) in [5.41, 5.74) is 2.11. The number of nitrogens with one attached hydrogen (secondary N) is 1. The topological polar surface area (TPSA) is 65.9 Å². The summed E-state index contributed by atoms with van der Waals surface area (Å²) in [6, 6.07) is 10.1. The van der Waals surface area contributed by atoms with Crippen LogP contribution in [0.1, 0.15) is 11.5 Å².